The van der Waals surface area contributed by atoms with Crippen LogP contribution in [0.4, 0.5) is 8.78 Å². The van der Waals surface area contributed by atoms with E-state index in [9.17, 15) is 13.6 Å². The molecule has 1 aromatic rings. The predicted molar refractivity (Wildman–Crippen MR) is 71.2 cm³/mol. The van der Waals surface area contributed by atoms with Gasteiger partial charge in [-0.2, -0.15) is 0 Å². The third-order valence-corrected chi connectivity index (χ3v) is 3.87. The average molecular weight is 283 g/mol. The van der Waals surface area contributed by atoms with Crippen LogP contribution in [0.25, 0.3) is 0 Å². The van der Waals surface area contributed by atoms with Crippen LogP contribution in [-0.2, 0) is 4.79 Å². The summed E-state index contributed by atoms with van der Waals surface area (Å²) in [6.45, 7) is 3.05. The van der Waals surface area contributed by atoms with Gasteiger partial charge in [0.2, 0.25) is 5.91 Å². The van der Waals surface area contributed by atoms with Crippen molar-refractivity contribution in [2.75, 3.05) is 19.7 Å². The van der Waals surface area contributed by atoms with Crippen LogP contribution in [0.2, 0.25) is 0 Å². The van der Waals surface area contributed by atoms with Gasteiger partial charge in [-0.05, 0) is 24.0 Å². The summed E-state index contributed by atoms with van der Waals surface area (Å²) in [4.78, 5) is 13.8. The number of nitrogens with zero attached hydrogens (tertiary/aromatic N) is 1. The molecule has 2 rings (SSSR count). The second-order valence-corrected chi connectivity index (χ2v) is 5.45. The van der Waals surface area contributed by atoms with Gasteiger partial charge in [0.1, 0.15) is 11.6 Å². The van der Waals surface area contributed by atoms with Gasteiger partial charge < -0.3 is 10.0 Å². The van der Waals surface area contributed by atoms with Crippen molar-refractivity contribution in [2.45, 2.75) is 25.7 Å². The molecule has 5 heteroatoms. The van der Waals surface area contributed by atoms with Crippen molar-refractivity contribution in [3.63, 3.8) is 0 Å². The third kappa shape index (κ3) is 3.33. The molecule has 1 heterocycles. The molecule has 1 aromatic carbocycles. The molecule has 1 fully saturated rings. The van der Waals surface area contributed by atoms with Gasteiger partial charge in [0, 0.05) is 38.1 Å². The van der Waals surface area contributed by atoms with E-state index >= 15 is 0 Å². The highest BCUT2D eigenvalue weighted by Gasteiger charge is 2.27. The van der Waals surface area contributed by atoms with Crippen molar-refractivity contribution in [1.29, 1.82) is 0 Å². The molecular formula is C15H19F2NO2. The van der Waals surface area contributed by atoms with Gasteiger partial charge in [0.15, 0.2) is 0 Å². The Balaban J connectivity index is 1.97. The summed E-state index contributed by atoms with van der Waals surface area (Å²) in [6.07, 6.45) is 1.00. The first-order chi connectivity index (χ1) is 9.51. The number of benzene rings is 1. The minimum Gasteiger partial charge on any atom is -0.396 e. The lowest BCUT2D eigenvalue weighted by Crippen LogP contribution is -2.30. The Hall–Kier alpha value is -1.49. The zero-order valence-corrected chi connectivity index (χ0v) is 11.5. The molecule has 3 nitrogen and oxygen atoms in total. The molecule has 1 saturated heterocycles. The standard InChI is InChI=1S/C15H19F2NO2/c1-10(13-3-2-12(16)7-14(13)17)6-15(20)18-5-4-11(8-18)9-19/h2-3,7,10-11,19H,4-6,8-9H2,1H3. The summed E-state index contributed by atoms with van der Waals surface area (Å²) in [5, 5.41) is 9.06. The first kappa shape index (κ1) is 14.9. The van der Waals surface area contributed by atoms with Gasteiger partial charge in [-0.1, -0.05) is 13.0 Å². The fourth-order valence-electron chi connectivity index (χ4n) is 2.61. The molecule has 1 N–H and O–H groups in total. The monoisotopic (exact) mass is 283 g/mol. The van der Waals surface area contributed by atoms with E-state index in [2.05, 4.69) is 0 Å². The second-order valence-electron chi connectivity index (χ2n) is 5.45. The summed E-state index contributed by atoms with van der Waals surface area (Å²) in [6, 6.07) is 3.44. The quantitative estimate of drug-likeness (QED) is 0.921. The summed E-state index contributed by atoms with van der Waals surface area (Å²) < 4.78 is 26.5. The summed E-state index contributed by atoms with van der Waals surface area (Å²) in [7, 11) is 0. The van der Waals surface area contributed by atoms with Crippen LogP contribution < -0.4 is 0 Å². The van der Waals surface area contributed by atoms with Crippen LogP contribution in [0.5, 0.6) is 0 Å². The number of aliphatic hydroxyl groups is 1. The maximum Gasteiger partial charge on any atom is 0.223 e. The minimum absolute atomic E-state index is 0.0443. The maximum atomic E-state index is 13.6. The average Bonchev–Trinajstić information content (AvgIpc) is 2.87. The Kier molecular flexibility index (Phi) is 4.70. The van der Waals surface area contributed by atoms with Gasteiger partial charge in [-0.3, -0.25) is 4.79 Å². The molecule has 0 aromatic heterocycles. The SMILES string of the molecule is CC(CC(=O)N1CCC(CO)C1)c1ccc(F)cc1F. The predicted octanol–water partition coefficient (Wildman–Crippen LogP) is 2.30. The van der Waals surface area contributed by atoms with E-state index in [0.29, 0.717) is 18.7 Å². The van der Waals surface area contributed by atoms with E-state index in [1.807, 2.05) is 0 Å². The van der Waals surface area contributed by atoms with Crippen LogP contribution in [0, 0.1) is 17.6 Å². The molecule has 2 atom stereocenters. The Morgan fingerprint density at radius 3 is 2.85 bits per heavy atom. The number of aliphatic hydroxyl groups excluding tert-OH is 1. The van der Waals surface area contributed by atoms with Crippen molar-refractivity contribution < 1.29 is 18.7 Å². The number of rotatable bonds is 4. The Morgan fingerprint density at radius 1 is 1.50 bits per heavy atom. The highest BCUT2D eigenvalue weighted by atomic mass is 19.1. The highest BCUT2D eigenvalue weighted by Crippen LogP contribution is 2.25. The normalized spacial score (nSPS) is 20.2. The molecule has 1 aliphatic rings. The number of carbonyl (C=O) groups excluding carboxylic acids is 1. The highest BCUT2D eigenvalue weighted by molar-refractivity contribution is 5.77. The van der Waals surface area contributed by atoms with Gasteiger partial charge >= 0.3 is 0 Å². The fourth-order valence-corrected chi connectivity index (χ4v) is 2.61. The summed E-state index contributed by atoms with van der Waals surface area (Å²) >= 11 is 0. The molecule has 1 amide bonds. The van der Waals surface area contributed by atoms with Crippen LogP contribution in [0.3, 0.4) is 0 Å². The number of amides is 1. The van der Waals surface area contributed by atoms with Crippen molar-refractivity contribution in [2.24, 2.45) is 5.92 Å². The summed E-state index contributed by atoms with van der Waals surface area (Å²) in [5.41, 5.74) is 0.359. The topological polar surface area (TPSA) is 40.5 Å². The molecule has 0 spiro atoms. The largest absolute Gasteiger partial charge is 0.396 e. The molecule has 0 bridgehead atoms. The van der Waals surface area contributed by atoms with Gasteiger partial charge in [0.25, 0.3) is 0 Å². The Labute approximate surface area is 117 Å². The fraction of sp³-hybridized carbons (Fsp3) is 0.533. The van der Waals surface area contributed by atoms with Gasteiger partial charge in [-0.25, -0.2) is 8.78 Å². The van der Waals surface area contributed by atoms with Crippen molar-refractivity contribution in [3.05, 3.63) is 35.4 Å². The Bertz CT molecular complexity index is 493. The number of hydrogen-bond donors (Lipinski definition) is 1. The van der Waals surface area contributed by atoms with Gasteiger partial charge in [-0.15, -0.1) is 0 Å². The lowest BCUT2D eigenvalue weighted by molar-refractivity contribution is -0.130. The first-order valence-corrected chi connectivity index (χ1v) is 6.84. The zero-order valence-electron chi connectivity index (χ0n) is 11.5. The second kappa shape index (κ2) is 6.31. The third-order valence-electron chi connectivity index (χ3n) is 3.87. The van der Waals surface area contributed by atoms with E-state index in [4.69, 9.17) is 5.11 Å². The molecule has 2 unspecified atom stereocenters. The van der Waals surface area contributed by atoms with Crippen LogP contribution in [-0.4, -0.2) is 35.6 Å². The zero-order chi connectivity index (χ0) is 14.7. The smallest absolute Gasteiger partial charge is 0.223 e. The van der Waals surface area contributed by atoms with E-state index < -0.39 is 11.6 Å². The van der Waals surface area contributed by atoms with Crippen LogP contribution in [0.1, 0.15) is 31.2 Å². The molecule has 0 radical (unpaired) electrons. The van der Waals surface area contributed by atoms with E-state index in [-0.39, 0.29) is 30.8 Å². The van der Waals surface area contributed by atoms with E-state index in [1.54, 1.807) is 11.8 Å². The lowest BCUT2D eigenvalue weighted by Gasteiger charge is -2.19. The van der Waals surface area contributed by atoms with Crippen LogP contribution in [0.15, 0.2) is 18.2 Å². The summed E-state index contributed by atoms with van der Waals surface area (Å²) in [5.74, 6) is -1.42. The van der Waals surface area contributed by atoms with Crippen LogP contribution >= 0.6 is 0 Å². The number of halogens is 2. The van der Waals surface area contributed by atoms with Crippen molar-refractivity contribution >= 4 is 5.91 Å². The molecule has 1 aliphatic heterocycles. The first-order valence-electron chi connectivity index (χ1n) is 6.84. The molecule has 110 valence electrons. The molecule has 0 saturated carbocycles. The van der Waals surface area contributed by atoms with E-state index in [0.717, 1.165) is 12.5 Å². The van der Waals surface area contributed by atoms with Gasteiger partial charge in [0.05, 0.1) is 0 Å². The Morgan fingerprint density at radius 2 is 2.25 bits per heavy atom. The van der Waals surface area contributed by atoms with Crippen molar-refractivity contribution in [3.8, 4) is 0 Å². The van der Waals surface area contributed by atoms with E-state index in [1.165, 1.54) is 12.1 Å². The number of hydrogen-bond acceptors (Lipinski definition) is 2. The lowest BCUT2D eigenvalue weighted by atomic mass is 9.96. The number of carbonyl (C=O) groups is 1. The number of likely N-dealkylation sites (tertiary alicyclic amines) is 1. The molecule has 0 aliphatic carbocycles. The maximum absolute atomic E-state index is 13.6. The molecular weight excluding hydrogens is 264 g/mol. The minimum atomic E-state index is -0.616. The van der Waals surface area contributed by atoms with Crippen molar-refractivity contribution in [1.82, 2.24) is 4.90 Å². The molecule has 20 heavy (non-hydrogen) atoms.